The topological polar surface area (TPSA) is 95.6 Å². The molecule has 0 amide bonds. The van der Waals surface area contributed by atoms with E-state index < -0.39 is 20.2 Å². The monoisotopic (exact) mass is 387 g/mol. The number of anilines is 2. The Balaban J connectivity index is 1.81. The summed E-state index contributed by atoms with van der Waals surface area (Å²) in [6, 6.07) is 4.98. The summed E-state index contributed by atoms with van der Waals surface area (Å²) in [5.41, 5.74) is 1.71. The Morgan fingerprint density at radius 3 is 2.52 bits per heavy atom. The van der Waals surface area contributed by atoms with Crippen LogP contribution in [-0.2, 0) is 20.2 Å². The van der Waals surface area contributed by atoms with E-state index in [1.54, 1.807) is 18.2 Å². The molecule has 0 spiro atoms. The maximum absolute atomic E-state index is 12.3. The minimum absolute atomic E-state index is 0.0232. The second-order valence-corrected chi connectivity index (χ2v) is 10.3. The fourth-order valence-corrected chi connectivity index (χ4v) is 6.31. The van der Waals surface area contributed by atoms with E-state index in [1.807, 2.05) is 6.92 Å². The molecular weight excluding hydrogens is 362 g/mol. The zero-order valence-electron chi connectivity index (χ0n) is 14.4. The van der Waals surface area contributed by atoms with Gasteiger partial charge in [-0.2, -0.15) is 13.1 Å². The van der Waals surface area contributed by atoms with Crippen LogP contribution in [0.25, 0.3) is 0 Å². The molecule has 2 fully saturated rings. The predicted molar refractivity (Wildman–Crippen MR) is 99.5 cm³/mol. The Hall–Kier alpha value is -1.32. The zero-order chi connectivity index (χ0) is 18.1. The van der Waals surface area contributed by atoms with Gasteiger partial charge in [-0.1, -0.05) is 18.9 Å². The molecule has 0 aromatic heterocycles. The van der Waals surface area contributed by atoms with E-state index in [1.165, 1.54) is 4.31 Å². The Labute approximate surface area is 150 Å². The highest BCUT2D eigenvalue weighted by atomic mass is 32.2. The largest absolute Gasteiger partial charge is 0.299 e. The number of benzene rings is 1. The zero-order valence-corrected chi connectivity index (χ0v) is 16.0. The van der Waals surface area contributed by atoms with Crippen molar-refractivity contribution in [2.24, 2.45) is 0 Å². The highest BCUT2D eigenvalue weighted by Gasteiger charge is 2.28. The van der Waals surface area contributed by atoms with Crippen molar-refractivity contribution < 1.29 is 16.8 Å². The van der Waals surface area contributed by atoms with Crippen molar-refractivity contribution in [3.05, 3.63) is 23.8 Å². The third-order valence-electron chi connectivity index (χ3n) is 4.76. The molecule has 3 rings (SSSR count). The van der Waals surface area contributed by atoms with Crippen LogP contribution in [0.1, 0.15) is 44.1 Å². The van der Waals surface area contributed by atoms with E-state index in [0.717, 1.165) is 37.7 Å². The molecule has 140 valence electrons. The molecule has 1 aromatic rings. The third-order valence-corrected chi connectivity index (χ3v) is 7.76. The summed E-state index contributed by atoms with van der Waals surface area (Å²) in [5.74, 6) is 0.131. The number of nitrogens with zero attached hydrogens (tertiary/aromatic N) is 1. The quantitative estimate of drug-likeness (QED) is 0.809. The van der Waals surface area contributed by atoms with Crippen LogP contribution in [-0.4, -0.2) is 35.2 Å². The van der Waals surface area contributed by atoms with Gasteiger partial charge >= 0.3 is 0 Å². The molecule has 9 heteroatoms. The molecule has 2 N–H and O–H groups in total. The van der Waals surface area contributed by atoms with Gasteiger partial charge in [0.25, 0.3) is 10.2 Å². The summed E-state index contributed by atoms with van der Waals surface area (Å²) in [6.07, 6.45) is 5.24. The van der Waals surface area contributed by atoms with E-state index in [4.69, 9.17) is 0 Å². The molecule has 0 atom stereocenters. The van der Waals surface area contributed by atoms with Crippen LogP contribution in [0, 0.1) is 6.92 Å². The molecule has 1 aliphatic heterocycles. The predicted octanol–water partition coefficient (Wildman–Crippen LogP) is 2.11. The molecule has 1 saturated carbocycles. The van der Waals surface area contributed by atoms with Gasteiger partial charge in [0.05, 0.1) is 17.1 Å². The van der Waals surface area contributed by atoms with Gasteiger partial charge < -0.3 is 0 Å². The Kier molecular flexibility index (Phi) is 5.26. The summed E-state index contributed by atoms with van der Waals surface area (Å²) < 4.78 is 55.9. The normalized spacial score (nSPS) is 21.4. The van der Waals surface area contributed by atoms with Gasteiger partial charge in [0.2, 0.25) is 10.0 Å². The maximum Gasteiger partial charge on any atom is 0.299 e. The van der Waals surface area contributed by atoms with Crippen molar-refractivity contribution in [1.82, 2.24) is 4.72 Å². The summed E-state index contributed by atoms with van der Waals surface area (Å²) in [7, 11) is -7.01. The smallest absolute Gasteiger partial charge is 0.271 e. The van der Waals surface area contributed by atoms with E-state index in [9.17, 15) is 16.8 Å². The first-order valence-electron chi connectivity index (χ1n) is 8.68. The Morgan fingerprint density at radius 2 is 1.84 bits per heavy atom. The lowest BCUT2D eigenvalue weighted by molar-refractivity contribution is 0.557. The third kappa shape index (κ3) is 4.45. The number of hydrogen-bond donors (Lipinski definition) is 2. The number of aryl methyl sites for hydroxylation is 1. The number of hydrogen-bond acceptors (Lipinski definition) is 4. The lowest BCUT2D eigenvalue weighted by Gasteiger charge is -2.30. The van der Waals surface area contributed by atoms with Crippen LogP contribution >= 0.6 is 0 Å². The molecule has 7 nitrogen and oxygen atoms in total. The minimum atomic E-state index is -3.68. The van der Waals surface area contributed by atoms with Crippen LogP contribution < -0.4 is 13.7 Å². The molecule has 25 heavy (non-hydrogen) atoms. The van der Waals surface area contributed by atoms with Gasteiger partial charge in [-0.25, -0.2) is 8.42 Å². The van der Waals surface area contributed by atoms with Crippen LogP contribution in [0.4, 0.5) is 11.4 Å². The van der Waals surface area contributed by atoms with Crippen molar-refractivity contribution >= 4 is 31.6 Å². The standard InChI is InChI=1S/C16H25N3O4S2/c1-13-8-9-15(18-25(22,23)17-14-6-2-3-7-14)12-16(13)19-10-4-5-11-24(19,20)21/h8-9,12,14,17-18H,2-7,10-11H2,1H3. The van der Waals surface area contributed by atoms with Gasteiger partial charge in [-0.3, -0.25) is 9.03 Å². The van der Waals surface area contributed by atoms with Gasteiger partial charge in [0.15, 0.2) is 0 Å². The van der Waals surface area contributed by atoms with Gasteiger partial charge in [0, 0.05) is 12.6 Å². The van der Waals surface area contributed by atoms with Gasteiger partial charge in [-0.05, 0) is 50.3 Å². The summed E-state index contributed by atoms with van der Waals surface area (Å²) in [6.45, 7) is 2.26. The number of nitrogens with one attached hydrogen (secondary N) is 2. The SMILES string of the molecule is Cc1ccc(NS(=O)(=O)NC2CCCC2)cc1N1CCCCS1(=O)=O. The summed E-state index contributed by atoms with van der Waals surface area (Å²) in [4.78, 5) is 0. The van der Waals surface area contributed by atoms with Gasteiger partial charge in [0.1, 0.15) is 0 Å². The van der Waals surface area contributed by atoms with E-state index in [2.05, 4.69) is 9.44 Å². The highest BCUT2D eigenvalue weighted by Crippen LogP contribution is 2.30. The van der Waals surface area contributed by atoms with Crippen molar-refractivity contribution in [2.75, 3.05) is 21.3 Å². The first-order chi connectivity index (χ1) is 11.8. The molecule has 0 unspecified atom stereocenters. The molecular formula is C16H25N3O4S2. The van der Waals surface area contributed by atoms with E-state index >= 15 is 0 Å². The number of sulfonamides is 1. The van der Waals surface area contributed by atoms with Crippen LogP contribution in [0.2, 0.25) is 0 Å². The van der Waals surface area contributed by atoms with Crippen LogP contribution in [0.15, 0.2) is 18.2 Å². The first kappa shape index (κ1) is 18.5. The van der Waals surface area contributed by atoms with E-state index in [0.29, 0.717) is 24.3 Å². The molecule has 1 saturated heterocycles. The van der Waals surface area contributed by atoms with Crippen molar-refractivity contribution in [1.29, 1.82) is 0 Å². The average molecular weight is 388 g/mol. The second-order valence-electron chi connectivity index (χ2n) is 6.80. The van der Waals surface area contributed by atoms with Crippen molar-refractivity contribution in [3.63, 3.8) is 0 Å². The van der Waals surface area contributed by atoms with E-state index in [-0.39, 0.29) is 11.8 Å². The van der Waals surface area contributed by atoms with Gasteiger partial charge in [-0.15, -0.1) is 0 Å². The van der Waals surface area contributed by atoms with Crippen LogP contribution in [0.3, 0.4) is 0 Å². The minimum Gasteiger partial charge on any atom is -0.271 e. The fourth-order valence-electron chi connectivity index (χ4n) is 3.45. The first-order valence-corrected chi connectivity index (χ1v) is 11.8. The molecule has 1 aliphatic carbocycles. The summed E-state index contributed by atoms with van der Waals surface area (Å²) >= 11 is 0. The summed E-state index contributed by atoms with van der Waals surface area (Å²) in [5, 5.41) is 0. The molecule has 1 heterocycles. The van der Waals surface area contributed by atoms with Crippen molar-refractivity contribution in [3.8, 4) is 0 Å². The molecule has 0 bridgehead atoms. The Bertz CT molecular complexity index is 831. The molecule has 0 radical (unpaired) electrons. The number of rotatable bonds is 5. The second kappa shape index (κ2) is 7.13. The maximum atomic E-state index is 12.3. The van der Waals surface area contributed by atoms with Crippen LogP contribution in [0.5, 0.6) is 0 Å². The lowest BCUT2D eigenvalue weighted by atomic mass is 10.1. The fraction of sp³-hybridized carbons (Fsp3) is 0.625. The Morgan fingerprint density at radius 1 is 1.12 bits per heavy atom. The highest BCUT2D eigenvalue weighted by molar-refractivity contribution is 7.92. The van der Waals surface area contributed by atoms with Crippen molar-refractivity contribution in [2.45, 2.75) is 51.5 Å². The lowest BCUT2D eigenvalue weighted by Crippen LogP contribution is -2.38. The molecule has 1 aromatic carbocycles. The molecule has 2 aliphatic rings. The average Bonchev–Trinajstić information content (AvgIpc) is 3.01.